The Morgan fingerprint density at radius 3 is 2.92 bits per heavy atom. The zero-order valence-electron chi connectivity index (χ0n) is 14.7. The first-order chi connectivity index (χ1) is 12.0. The van der Waals surface area contributed by atoms with Crippen molar-refractivity contribution < 1.29 is 18.7 Å². The van der Waals surface area contributed by atoms with Crippen LogP contribution in [0.2, 0.25) is 0 Å². The van der Waals surface area contributed by atoms with Gasteiger partial charge in [-0.2, -0.15) is 0 Å². The second kappa shape index (κ2) is 6.04. The van der Waals surface area contributed by atoms with E-state index < -0.39 is 0 Å². The van der Waals surface area contributed by atoms with Gasteiger partial charge in [0.15, 0.2) is 0 Å². The van der Waals surface area contributed by atoms with Gasteiger partial charge in [-0.25, -0.2) is 4.79 Å². The Morgan fingerprint density at radius 1 is 1.28 bits per heavy atom. The van der Waals surface area contributed by atoms with Crippen LogP contribution in [0.25, 0.3) is 11.0 Å². The third kappa shape index (κ3) is 3.24. The van der Waals surface area contributed by atoms with E-state index in [4.69, 9.17) is 13.9 Å². The summed E-state index contributed by atoms with van der Waals surface area (Å²) in [6.07, 6.45) is 2.53. The van der Waals surface area contributed by atoms with Crippen LogP contribution in [0.5, 0.6) is 0 Å². The van der Waals surface area contributed by atoms with Crippen molar-refractivity contribution in [3.05, 3.63) is 36.1 Å². The maximum atomic E-state index is 12.7. The summed E-state index contributed by atoms with van der Waals surface area (Å²) in [5, 5.41) is 4.05. The van der Waals surface area contributed by atoms with Crippen molar-refractivity contribution in [2.45, 2.75) is 38.0 Å². The molecule has 2 aliphatic heterocycles. The highest BCUT2D eigenvalue weighted by Crippen LogP contribution is 2.34. The van der Waals surface area contributed by atoms with E-state index in [2.05, 4.69) is 5.32 Å². The van der Waals surface area contributed by atoms with Crippen LogP contribution in [-0.4, -0.2) is 48.4 Å². The van der Waals surface area contributed by atoms with Gasteiger partial charge in [0.05, 0.1) is 31.6 Å². The number of para-hydroxylation sites is 1. The molecule has 1 N–H and O–H groups in total. The molecule has 134 valence electrons. The van der Waals surface area contributed by atoms with E-state index in [1.54, 1.807) is 6.26 Å². The van der Waals surface area contributed by atoms with Gasteiger partial charge in [-0.3, -0.25) is 0 Å². The lowest BCUT2D eigenvalue weighted by molar-refractivity contribution is -0.185. The van der Waals surface area contributed by atoms with Crippen molar-refractivity contribution in [2.75, 3.05) is 26.3 Å². The maximum Gasteiger partial charge on any atom is 0.317 e. The molecule has 2 aromatic rings. The predicted octanol–water partition coefficient (Wildman–Crippen LogP) is 2.91. The van der Waals surface area contributed by atoms with Gasteiger partial charge in [0, 0.05) is 30.5 Å². The highest BCUT2D eigenvalue weighted by atomic mass is 16.6. The van der Waals surface area contributed by atoms with Crippen LogP contribution in [0, 0.1) is 0 Å². The van der Waals surface area contributed by atoms with Gasteiger partial charge in [0.25, 0.3) is 0 Å². The van der Waals surface area contributed by atoms with E-state index in [9.17, 15) is 4.79 Å². The number of nitrogens with zero attached hydrogens (tertiary/aromatic N) is 1. The van der Waals surface area contributed by atoms with Crippen LogP contribution in [-0.2, 0) is 16.0 Å². The second-order valence-electron chi connectivity index (χ2n) is 7.62. The highest BCUT2D eigenvalue weighted by Gasteiger charge is 2.48. The van der Waals surface area contributed by atoms with Crippen LogP contribution in [0.15, 0.2) is 34.9 Å². The van der Waals surface area contributed by atoms with Crippen LogP contribution < -0.4 is 5.32 Å². The summed E-state index contributed by atoms with van der Waals surface area (Å²) in [6, 6.07) is 7.76. The second-order valence-corrected chi connectivity index (χ2v) is 7.62. The van der Waals surface area contributed by atoms with Gasteiger partial charge in [-0.1, -0.05) is 18.2 Å². The fourth-order valence-electron chi connectivity index (χ4n) is 3.90. The minimum atomic E-state index is -0.383. The highest BCUT2D eigenvalue weighted by molar-refractivity contribution is 5.81. The third-order valence-corrected chi connectivity index (χ3v) is 4.89. The Kier molecular flexibility index (Phi) is 3.96. The Morgan fingerprint density at radius 2 is 2.12 bits per heavy atom. The molecule has 2 saturated heterocycles. The predicted molar refractivity (Wildman–Crippen MR) is 93.4 cm³/mol. The SMILES string of the molecule is CC1(C)CN(C(=O)NCc2coc3ccccc23)C[C@@]2(CCOC2)O1. The van der Waals surface area contributed by atoms with E-state index in [0.717, 1.165) is 23.0 Å². The monoisotopic (exact) mass is 344 g/mol. The standard InChI is InChI=1S/C19H24N2O4/c1-18(2)11-21(12-19(25-18)7-8-23-13-19)17(22)20-9-14-10-24-16-6-4-3-5-15(14)16/h3-6,10H,7-9,11-13H2,1-2H3,(H,20,22)/t19-/m1/s1. The first-order valence-corrected chi connectivity index (χ1v) is 8.72. The number of furan rings is 1. The molecule has 25 heavy (non-hydrogen) atoms. The number of urea groups is 1. The molecule has 2 fully saturated rings. The number of ether oxygens (including phenoxy) is 2. The number of nitrogens with one attached hydrogen (secondary N) is 1. The van der Waals surface area contributed by atoms with Crippen molar-refractivity contribution in [1.82, 2.24) is 10.2 Å². The molecule has 2 amide bonds. The van der Waals surface area contributed by atoms with Crippen LogP contribution in [0.4, 0.5) is 4.79 Å². The van der Waals surface area contributed by atoms with Crippen molar-refractivity contribution in [1.29, 1.82) is 0 Å². The summed E-state index contributed by atoms with van der Waals surface area (Å²) in [5.74, 6) is 0. The van der Waals surface area contributed by atoms with E-state index in [1.165, 1.54) is 0 Å². The van der Waals surface area contributed by atoms with Gasteiger partial charge >= 0.3 is 6.03 Å². The lowest BCUT2D eigenvalue weighted by Gasteiger charge is -2.47. The Hall–Kier alpha value is -2.05. The number of carbonyl (C=O) groups excluding carboxylic acids is 1. The molecule has 0 aliphatic carbocycles. The third-order valence-electron chi connectivity index (χ3n) is 4.89. The molecule has 0 unspecified atom stereocenters. The maximum absolute atomic E-state index is 12.7. The van der Waals surface area contributed by atoms with Gasteiger partial charge in [-0.15, -0.1) is 0 Å². The average molecular weight is 344 g/mol. The van der Waals surface area contributed by atoms with Crippen molar-refractivity contribution in [3.63, 3.8) is 0 Å². The Bertz CT molecular complexity index is 777. The molecule has 1 aromatic heterocycles. The summed E-state index contributed by atoms with van der Waals surface area (Å²) >= 11 is 0. The summed E-state index contributed by atoms with van der Waals surface area (Å²) in [5.41, 5.74) is 1.06. The normalized spacial score (nSPS) is 25.6. The molecule has 6 heteroatoms. The fraction of sp³-hybridized carbons (Fsp3) is 0.526. The van der Waals surface area contributed by atoms with Gasteiger partial charge in [-0.05, 0) is 19.9 Å². The van der Waals surface area contributed by atoms with Crippen molar-refractivity contribution in [3.8, 4) is 0 Å². The van der Waals surface area contributed by atoms with Crippen molar-refractivity contribution >= 4 is 17.0 Å². The average Bonchev–Trinajstić information content (AvgIpc) is 3.18. The Labute approximate surface area is 147 Å². The first-order valence-electron chi connectivity index (χ1n) is 8.72. The number of morpholine rings is 1. The fourth-order valence-corrected chi connectivity index (χ4v) is 3.90. The van der Waals surface area contributed by atoms with Gasteiger partial charge in [0.2, 0.25) is 0 Å². The molecule has 1 aromatic carbocycles. The zero-order chi connectivity index (χ0) is 17.5. The van der Waals surface area contributed by atoms with E-state index in [0.29, 0.717) is 32.8 Å². The number of rotatable bonds is 2. The van der Waals surface area contributed by atoms with E-state index >= 15 is 0 Å². The Balaban J connectivity index is 1.45. The molecule has 2 aliphatic rings. The molecule has 6 nitrogen and oxygen atoms in total. The molecular formula is C19H24N2O4. The largest absolute Gasteiger partial charge is 0.464 e. The number of carbonyl (C=O) groups is 1. The van der Waals surface area contributed by atoms with Crippen LogP contribution in [0.3, 0.4) is 0 Å². The summed E-state index contributed by atoms with van der Waals surface area (Å²) < 4.78 is 17.3. The topological polar surface area (TPSA) is 63.9 Å². The minimum Gasteiger partial charge on any atom is -0.464 e. The molecule has 1 spiro atoms. The van der Waals surface area contributed by atoms with Crippen molar-refractivity contribution in [2.24, 2.45) is 0 Å². The molecule has 0 saturated carbocycles. The number of amides is 2. The summed E-state index contributed by atoms with van der Waals surface area (Å²) in [4.78, 5) is 14.6. The molecule has 4 rings (SSSR count). The van der Waals surface area contributed by atoms with Crippen LogP contribution in [0.1, 0.15) is 25.8 Å². The minimum absolute atomic E-state index is 0.0760. The van der Waals surface area contributed by atoms with E-state index in [1.807, 2.05) is 43.0 Å². The molecular weight excluding hydrogens is 320 g/mol. The molecule has 0 radical (unpaired) electrons. The summed E-state index contributed by atoms with van der Waals surface area (Å²) in [6.45, 7) is 6.85. The zero-order valence-corrected chi connectivity index (χ0v) is 14.7. The lowest BCUT2D eigenvalue weighted by atomic mass is 9.95. The van der Waals surface area contributed by atoms with Crippen LogP contribution >= 0.6 is 0 Å². The first kappa shape index (κ1) is 16.4. The number of benzene rings is 1. The molecule has 3 heterocycles. The van der Waals surface area contributed by atoms with Gasteiger partial charge in [0.1, 0.15) is 11.2 Å². The lowest BCUT2D eigenvalue weighted by Crippen LogP contribution is -2.62. The van der Waals surface area contributed by atoms with E-state index in [-0.39, 0.29) is 17.2 Å². The smallest absolute Gasteiger partial charge is 0.317 e. The number of fused-ring (bicyclic) bond motifs is 1. The molecule has 1 atom stereocenters. The quantitative estimate of drug-likeness (QED) is 0.910. The number of hydrogen-bond donors (Lipinski definition) is 1. The van der Waals surface area contributed by atoms with Gasteiger partial charge < -0.3 is 24.1 Å². The summed E-state index contributed by atoms with van der Waals surface area (Å²) in [7, 11) is 0. The number of hydrogen-bond acceptors (Lipinski definition) is 4. The molecule has 0 bridgehead atoms.